The number of hydrogen-bond donors (Lipinski definition) is 2. The summed E-state index contributed by atoms with van der Waals surface area (Å²) in [5.74, 6) is -0.515. The normalized spacial score (nSPS) is 11.5. The smallest absolute Gasteiger partial charge is 0.375 e. The molecule has 0 aliphatic rings. The lowest BCUT2D eigenvalue weighted by Gasteiger charge is -2.07. The second-order valence-corrected chi connectivity index (χ2v) is 5.31. The third-order valence-corrected chi connectivity index (χ3v) is 3.49. The Balaban J connectivity index is 1.77. The summed E-state index contributed by atoms with van der Waals surface area (Å²) in [6.45, 7) is 0.0568. The molecule has 26 heavy (non-hydrogen) atoms. The molecule has 0 bridgehead atoms. The quantitative estimate of drug-likeness (QED) is 0.716. The van der Waals surface area contributed by atoms with Crippen molar-refractivity contribution in [3.8, 4) is 11.5 Å². The van der Waals surface area contributed by atoms with E-state index in [-0.39, 0.29) is 29.5 Å². The van der Waals surface area contributed by atoms with Crippen molar-refractivity contribution in [1.82, 2.24) is 19.9 Å². The van der Waals surface area contributed by atoms with Gasteiger partial charge in [-0.05, 0) is 18.2 Å². The molecule has 3 N–H and O–H groups in total. The average molecular weight is 366 g/mol. The van der Waals surface area contributed by atoms with Gasteiger partial charge in [-0.25, -0.2) is 0 Å². The largest absolute Gasteiger partial charge is 0.435 e. The molecule has 0 spiro atoms. The third-order valence-electron chi connectivity index (χ3n) is 3.49. The first-order valence-electron chi connectivity index (χ1n) is 7.32. The molecule has 0 aliphatic heterocycles. The molecule has 0 saturated heterocycles. The molecule has 0 unspecified atom stereocenters. The van der Waals surface area contributed by atoms with E-state index < -0.39 is 17.8 Å². The van der Waals surface area contributed by atoms with Gasteiger partial charge >= 0.3 is 6.18 Å². The number of carbonyl (C=O) groups is 1. The van der Waals surface area contributed by atoms with E-state index in [1.807, 2.05) is 0 Å². The summed E-state index contributed by atoms with van der Waals surface area (Å²) in [5, 5.41) is 9.98. The van der Waals surface area contributed by atoms with Crippen LogP contribution in [0.4, 0.5) is 18.9 Å². The zero-order chi connectivity index (χ0) is 18.9. The highest BCUT2D eigenvalue weighted by atomic mass is 19.4. The number of benzene rings is 1. The van der Waals surface area contributed by atoms with E-state index in [1.54, 1.807) is 24.3 Å². The van der Waals surface area contributed by atoms with Gasteiger partial charge in [0.15, 0.2) is 5.69 Å². The molecule has 2 heterocycles. The highest BCUT2D eigenvalue weighted by Gasteiger charge is 2.35. The average Bonchev–Trinajstić information content (AvgIpc) is 3.19. The fourth-order valence-corrected chi connectivity index (χ4v) is 2.27. The molecule has 0 radical (unpaired) electrons. The van der Waals surface area contributed by atoms with Gasteiger partial charge in [-0.15, -0.1) is 0 Å². The summed E-state index contributed by atoms with van der Waals surface area (Å²) >= 11 is 0. The molecule has 136 valence electrons. The van der Waals surface area contributed by atoms with E-state index in [2.05, 4.69) is 20.6 Å². The van der Waals surface area contributed by atoms with E-state index in [1.165, 1.54) is 7.05 Å². The Morgan fingerprint density at radius 3 is 2.73 bits per heavy atom. The van der Waals surface area contributed by atoms with Crippen LogP contribution in [0.25, 0.3) is 11.5 Å². The highest BCUT2D eigenvalue weighted by Crippen LogP contribution is 2.30. The fraction of sp³-hybridized carbons (Fsp3) is 0.200. The Labute approximate surface area is 144 Å². The minimum absolute atomic E-state index is 0.0320. The summed E-state index contributed by atoms with van der Waals surface area (Å²) in [4.78, 5) is 15.4. The summed E-state index contributed by atoms with van der Waals surface area (Å²) in [7, 11) is 1.35. The number of aromatic nitrogens is 4. The van der Waals surface area contributed by atoms with Crippen molar-refractivity contribution in [1.29, 1.82) is 0 Å². The summed E-state index contributed by atoms with van der Waals surface area (Å²) in [6, 6.07) is 7.41. The van der Waals surface area contributed by atoms with Crippen molar-refractivity contribution in [2.75, 3.05) is 5.32 Å². The molecule has 11 heteroatoms. The minimum Gasteiger partial charge on any atom is -0.375 e. The van der Waals surface area contributed by atoms with Crippen LogP contribution < -0.4 is 11.1 Å². The number of amides is 1. The van der Waals surface area contributed by atoms with Crippen LogP contribution in [0.5, 0.6) is 0 Å². The van der Waals surface area contributed by atoms with Gasteiger partial charge in [0, 0.05) is 12.7 Å². The van der Waals surface area contributed by atoms with Gasteiger partial charge in [-0.1, -0.05) is 17.3 Å². The zero-order valence-electron chi connectivity index (χ0n) is 13.4. The SMILES string of the molecule is Cn1nc(C(F)(F)F)cc1-c1noc(CNc2ccccc2C(N)=O)n1. The minimum atomic E-state index is -4.57. The summed E-state index contributed by atoms with van der Waals surface area (Å²) < 4.78 is 44.2. The molecule has 8 nitrogen and oxygen atoms in total. The van der Waals surface area contributed by atoms with Crippen molar-refractivity contribution < 1.29 is 22.5 Å². The van der Waals surface area contributed by atoms with Crippen LogP contribution >= 0.6 is 0 Å². The predicted molar refractivity (Wildman–Crippen MR) is 83.8 cm³/mol. The van der Waals surface area contributed by atoms with Crippen LogP contribution in [0.3, 0.4) is 0 Å². The zero-order valence-corrected chi connectivity index (χ0v) is 13.4. The van der Waals surface area contributed by atoms with Crippen LogP contribution in [0.2, 0.25) is 0 Å². The standard InChI is InChI=1S/C15H13F3N6O2/c1-24-10(6-11(22-24)15(16,17)18)14-21-12(26-23-14)7-20-9-5-3-2-4-8(9)13(19)25/h2-6,20H,7H2,1H3,(H2,19,25). The number of aryl methyl sites for hydroxylation is 1. The van der Waals surface area contributed by atoms with Crippen LogP contribution in [0.15, 0.2) is 34.9 Å². The Morgan fingerprint density at radius 1 is 1.35 bits per heavy atom. The van der Waals surface area contributed by atoms with Crippen molar-refractivity contribution in [3.05, 3.63) is 47.5 Å². The molecule has 0 saturated carbocycles. The topological polar surface area (TPSA) is 112 Å². The molecule has 3 rings (SSSR count). The van der Waals surface area contributed by atoms with E-state index in [9.17, 15) is 18.0 Å². The Morgan fingerprint density at radius 2 is 2.08 bits per heavy atom. The van der Waals surface area contributed by atoms with Crippen LogP contribution in [-0.2, 0) is 19.8 Å². The lowest BCUT2D eigenvalue weighted by Crippen LogP contribution is -2.14. The number of nitrogens with one attached hydrogen (secondary N) is 1. The Bertz CT molecular complexity index is 947. The fourth-order valence-electron chi connectivity index (χ4n) is 2.27. The Kier molecular flexibility index (Phi) is 4.36. The first-order chi connectivity index (χ1) is 12.3. The molecular formula is C15H13F3N6O2. The van der Waals surface area contributed by atoms with E-state index in [0.29, 0.717) is 5.69 Å². The number of primary amides is 1. The number of anilines is 1. The second kappa shape index (κ2) is 6.50. The highest BCUT2D eigenvalue weighted by molar-refractivity contribution is 5.98. The molecule has 1 aromatic carbocycles. The molecular weight excluding hydrogens is 353 g/mol. The summed E-state index contributed by atoms with van der Waals surface area (Å²) in [5.41, 5.74) is 5.06. The van der Waals surface area contributed by atoms with E-state index in [4.69, 9.17) is 10.3 Å². The molecule has 1 amide bonds. The van der Waals surface area contributed by atoms with Crippen molar-refractivity contribution in [2.45, 2.75) is 12.7 Å². The number of alkyl halides is 3. The number of nitrogens with two attached hydrogens (primary N) is 1. The Hall–Kier alpha value is -3.37. The van der Waals surface area contributed by atoms with Gasteiger partial charge in [0.1, 0.15) is 5.69 Å². The summed E-state index contributed by atoms with van der Waals surface area (Å²) in [6.07, 6.45) is -4.57. The van der Waals surface area contributed by atoms with Gasteiger partial charge in [-0.2, -0.15) is 23.3 Å². The first kappa shape index (κ1) is 17.5. The maximum Gasteiger partial charge on any atom is 0.435 e. The van der Waals surface area contributed by atoms with E-state index >= 15 is 0 Å². The maximum atomic E-state index is 12.7. The number of halogens is 3. The van der Waals surface area contributed by atoms with Crippen molar-refractivity contribution in [2.24, 2.45) is 12.8 Å². The number of carbonyl (C=O) groups excluding carboxylic acids is 1. The van der Waals surface area contributed by atoms with Crippen LogP contribution in [0.1, 0.15) is 21.9 Å². The number of nitrogens with zero attached hydrogens (tertiary/aromatic N) is 4. The monoisotopic (exact) mass is 366 g/mol. The van der Waals surface area contributed by atoms with Crippen LogP contribution in [0, 0.1) is 0 Å². The molecule has 0 atom stereocenters. The van der Waals surface area contributed by atoms with Crippen molar-refractivity contribution >= 4 is 11.6 Å². The van der Waals surface area contributed by atoms with Gasteiger partial charge in [0.25, 0.3) is 5.91 Å². The first-order valence-corrected chi connectivity index (χ1v) is 7.32. The predicted octanol–water partition coefficient (Wildman–Crippen LogP) is 2.20. The number of rotatable bonds is 5. The van der Waals surface area contributed by atoms with Crippen molar-refractivity contribution in [3.63, 3.8) is 0 Å². The lowest BCUT2D eigenvalue weighted by atomic mass is 10.1. The number of hydrogen-bond acceptors (Lipinski definition) is 6. The molecule has 0 aliphatic carbocycles. The van der Waals surface area contributed by atoms with Crippen LogP contribution in [-0.4, -0.2) is 25.8 Å². The molecule has 2 aromatic heterocycles. The van der Waals surface area contributed by atoms with E-state index in [0.717, 1.165) is 10.7 Å². The second-order valence-electron chi connectivity index (χ2n) is 5.31. The maximum absolute atomic E-state index is 12.7. The van der Waals surface area contributed by atoms with Gasteiger partial charge in [-0.3, -0.25) is 9.48 Å². The lowest BCUT2D eigenvalue weighted by molar-refractivity contribution is -0.141. The molecule has 3 aromatic rings. The van der Waals surface area contributed by atoms with Gasteiger partial charge in [0.2, 0.25) is 11.7 Å². The van der Waals surface area contributed by atoms with Gasteiger partial charge < -0.3 is 15.6 Å². The van der Waals surface area contributed by atoms with Gasteiger partial charge in [0.05, 0.1) is 12.1 Å². The molecule has 0 fully saturated rings. The number of para-hydroxylation sites is 1. The third kappa shape index (κ3) is 3.50.